The Morgan fingerprint density at radius 2 is 2.12 bits per heavy atom. The molecule has 2 nitrogen and oxygen atoms in total. The Labute approximate surface area is 105 Å². The van der Waals surface area contributed by atoms with Crippen LogP contribution in [0.25, 0.3) is 10.1 Å². The van der Waals surface area contributed by atoms with Gasteiger partial charge >= 0.3 is 0 Å². The summed E-state index contributed by atoms with van der Waals surface area (Å²) in [5, 5.41) is 14.0. The molecule has 3 N–H and O–H groups in total. The van der Waals surface area contributed by atoms with Crippen molar-refractivity contribution >= 4 is 21.4 Å². The van der Waals surface area contributed by atoms with Gasteiger partial charge < -0.3 is 10.8 Å². The molecule has 1 atom stereocenters. The maximum atomic E-state index is 10.6. The van der Waals surface area contributed by atoms with E-state index in [4.69, 9.17) is 5.73 Å². The lowest BCUT2D eigenvalue weighted by atomic mass is 9.89. The molecule has 0 bridgehead atoms. The van der Waals surface area contributed by atoms with Crippen molar-refractivity contribution in [2.45, 2.75) is 24.9 Å². The number of hydrogen-bond acceptors (Lipinski definition) is 3. The Hall–Kier alpha value is -0.900. The molecule has 3 rings (SSSR count). The van der Waals surface area contributed by atoms with E-state index in [0.29, 0.717) is 18.9 Å². The zero-order valence-electron chi connectivity index (χ0n) is 9.73. The zero-order chi connectivity index (χ0) is 11.9. The minimum Gasteiger partial charge on any atom is -0.388 e. The van der Waals surface area contributed by atoms with Crippen LogP contribution in [0.3, 0.4) is 0 Å². The van der Waals surface area contributed by atoms with Crippen molar-refractivity contribution in [2.75, 3.05) is 6.54 Å². The molecule has 1 saturated carbocycles. The summed E-state index contributed by atoms with van der Waals surface area (Å²) in [5.74, 6) is 0.408. The van der Waals surface area contributed by atoms with Crippen LogP contribution in [0.4, 0.5) is 0 Å². The van der Waals surface area contributed by atoms with Crippen molar-refractivity contribution in [1.82, 2.24) is 0 Å². The van der Waals surface area contributed by atoms with Crippen LogP contribution < -0.4 is 5.73 Å². The molecule has 1 fully saturated rings. The van der Waals surface area contributed by atoms with Crippen LogP contribution >= 0.6 is 11.3 Å². The second-order valence-corrected chi connectivity index (χ2v) is 5.93. The largest absolute Gasteiger partial charge is 0.388 e. The van der Waals surface area contributed by atoms with E-state index >= 15 is 0 Å². The first-order chi connectivity index (χ1) is 8.23. The molecule has 0 aliphatic heterocycles. The van der Waals surface area contributed by atoms with Crippen LogP contribution in [0.5, 0.6) is 0 Å². The highest BCUT2D eigenvalue weighted by atomic mass is 32.1. The van der Waals surface area contributed by atoms with Crippen molar-refractivity contribution in [1.29, 1.82) is 0 Å². The van der Waals surface area contributed by atoms with Crippen molar-refractivity contribution < 1.29 is 5.11 Å². The Bertz CT molecular complexity index is 532. The number of benzene rings is 1. The molecule has 0 saturated heterocycles. The fourth-order valence-corrected chi connectivity index (χ4v) is 3.47. The first kappa shape index (κ1) is 11.2. The molecule has 0 amide bonds. The summed E-state index contributed by atoms with van der Waals surface area (Å²) >= 11 is 1.75. The Morgan fingerprint density at radius 1 is 1.35 bits per heavy atom. The quantitative estimate of drug-likeness (QED) is 0.872. The lowest BCUT2D eigenvalue weighted by Crippen LogP contribution is -2.42. The molecular formula is C14H17NOS. The Kier molecular flexibility index (Phi) is 2.69. The van der Waals surface area contributed by atoms with Gasteiger partial charge in [0.05, 0.1) is 5.60 Å². The van der Waals surface area contributed by atoms with Crippen molar-refractivity contribution in [3.05, 3.63) is 35.2 Å². The van der Waals surface area contributed by atoms with Crippen LogP contribution in [0, 0.1) is 5.92 Å². The number of aliphatic hydroxyl groups is 1. The third-order valence-corrected chi connectivity index (χ3v) is 4.76. The summed E-state index contributed by atoms with van der Waals surface area (Å²) in [5.41, 5.74) is 6.31. The van der Waals surface area contributed by atoms with Gasteiger partial charge in [-0.2, -0.15) is 0 Å². The minimum absolute atomic E-state index is 0.363. The van der Waals surface area contributed by atoms with Crippen LogP contribution in [0.1, 0.15) is 18.4 Å². The van der Waals surface area contributed by atoms with Crippen molar-refractivity contribution in [2.24, 2.45) is 11.7 Å². The van der Waals surface area contributed by atoms with Gasteiger partial charge in [-0.05, 0) is 41.2 Å². The summed E-state index contributed by atoms with van der Waals surface area (Å²) < 4.78 is 1.29. The van der Waals surface area contributed by atoms with Gasteiger partial charge in [0, 0.05) is 17.7 Å². The van der Waals surface area contributed by atoms with Crippen LogP contribution in [0.2, 0.25) is 0 Å². The van der Waals surface area contributed by atoms with Gasteiger partial charge in [-0.3, -0.25) is 0 Å². The van der Waals surface area contributed by atoms with Gasteiger partial charge in [0.1, 0.15) is 0 Å². The molecule has 17 heavy (non-hydrogen) atoms. The Morgan fingerprint density at radius 3 is 2.82 bits per heavy atom. The SMILES string of the molecule is NCC(O)(Cc1csc2ccccc12)C1CC1. The van der Waals surface area contributed by atoms with E-state index < -0.39 is 5.60 Å². The molecule has 1 aromatic carbocycles. The third-order valence-electron chi connectivity index (χ3n) is 3.75. The monoisotopic (exact) mass is 247 g/mol. The van der Waals surface area contributed by atoms with Crippen molar-refractivity contribution in [3.63, 3.8) is 0 Å². The lowest BCUT2D eigenvalue weighted by molar-refractivity contribution is 0.0271. The normalized spacial score (nSPS) is 19.4. The summed E-state index contributed by atoms with van der Waals surface area (Å²) in [7, 11) is 0. The summed E-state index contributed by atoms with van der Waals surface area (Å²) in [6, 6.07) is 8.36. The minimum atomic E-state index is -0.691. The lowest BCUT2D eigenvalue weighted by Gasteiger charge is -2.26. The summed E-state index contributed by atoms with van der Waals surface area (Å²) in [4.78, 5) is 0. The maximum Gasteiger partial charge on any atom is 0.0837 e. The van der Waals surface area contributed by atoms with Gasteiger partial charge in [-0.1, -0.05) is 18.2 Å². The molecule has 2 aromatic rings. The predicted molar refractivity (Wildman–Crippen MR) is 72.3 cm³/mol. The molecule has 1 aromatic heterocycles. The predicted octanol–water partition coefficient (Wildman–Crippen LogP) is 2.54. The van der Waals surface area contributed by atoms with E-state index in [9.17, 15) is 5.11 Å². The third kappa shape index (κ3) is 1.99. The highest BCUT2D eigenvalue weighted by Gasteiger charge is 2.42. The van der Waals surface area contributed by atoms with Crippen LogP contribution in [-0.4, -0.2) is 17.3 Å². The standard InChI is InChI=1S/C14H17NOS/c15-9-14(16,11-5-6-11)7-10-8-17-13-4-2-1-3-12(10)13/h1-4,8,11,16H,5-7,9,15H2. The fraction of sp³-hybridized carbons (Fsp3) is 0.429. The molecule has 1 heterocycles. The average Bonchev–Trinajstić information content (AvgIpc) is 3.14. The maximum absolute atomic E-state index is 10.6. The highest BCUT2D eigenvalue weighted by molar-refractivity contribution is 7.17. The number of thiophene rings is 1. The smallest absolute Gasteiger partial charge is 0.0837 e. The number of nitrogens with two attached hydrogens (primary N) is 1. The summed E-state index contributed by atoms with van der Waals surface area (Å²) in [6.07, 6.45) is 2.93. The van der Waals surface area contributed by atoms with Gasteiger partial charge in [0.15, 0.2) is 0 Å². The molecule has 0 radical (unpaired) electrons. The van der Waals surface area contributed by atoms with E-state index in [1.54, 1.807) is 11.3 Å². The Balaban J connectivity index is 1.94. The van der Waals surface area contributed by atoms with Gasteiger partial charge in [0.2, 0.25) is 0 Å². The molecule has 1 unspecified atom stereocenters. The first-order valence-corrected chi connectivity index (χ1v) is 6.98. The first-order valence-electron chi connectivity index (χ1n) is 6.10. The van der Waals surface area contributed by atoms with E-state index in [-0.39, 0.29) is 0 Å². The van der Waals surface area contributed by atoms with E-state index in [1.165, 1.54) is 15.6 Å². The van der Waals surface area contributed by atoms with Crippen molar-refractivity contribution in [3.8, 4) is 0 Å². The summed E-state index contributed by atoms with van der Waals surface area (Å²) in [6.45, 7) is 0.363. The average molecular weight is 247 g/mol. The molecule has 90 valence electrons. The van der Waals surface area contributed by atoms with Crippen LogP contribution in [-0.2, 0) is 6.42 Å². The number of hydrogen-bond donors (Lipinski definition) is 2. The highest BCUT2D eigenvalue weighted by Crippen LogP contribution is 2.42. The van der Waals surface area contributed by atoms with E-state index in [0.717, 1.165) is 12.8 Å². The molecule has 0 spiro atoms. The number of fused-ring (bicyclic) bond motifs is 1. The van der Waals surface area contributed by atoms with Gasteiger partial charge in [-0.25, -0.2) is 0 Å². The van der Waals surface area contributed by atoms with Crippen LogP contribution in [0.15, 0.2) is 29.6 Å². The topological polar surface area (TPSA) is 46.2 Å². The van der Waals surface area contributed by atoms with E-state index in [1.807, 2.05) is 0 Å². The van der Waals surface area contributed by atoms with Gasteiger partial charge in [-0.15, -0.1) is 11.3 Å². The molecule has 3 heteroatoms. The second kappa shape index (κ2) is 4.09. The van der Waals surface area contributed by atoms with Gasteiger partial charge in [0.25, 0.3) is 0 Å². The second-order valence-electron chi connectivity index (χ2n) is 5.02. The molecular weight excluding hydrogens is 230 g/mol. The number of rotatable bonds is 4. The fourth-order valence-electron chi connectivity index (χ4n) is 2.50. The molecule has 1 aliphatic carbocycles. The molecule has 1 aliphatic rings. The van der Waals surface area contributed by atoms with E-state index in [2.05, 4.69) is 29.6 Å². The zero-order valence-corrected chi connectivity index (χ0v) is 10.5.